The average molecular weight is 476 g/mol. The van der Waals surface area contributed by atoms with Crippen LogP contribution in [0.25, 0.3) is 0 Å². The molecule has 6 nitrogen and oxygen atoms in total. The predicted octanol–water partition coefficient (Wildman–Crippen LogP) is 4.18. The first-order chi connectivity index (χ1) is 15.2. The van der Waals surface area contributed by atoms with E-state index >= 15 is 0 Å². The minimum absolute atomic E-state index is 0.0266. The molecule has 172 valence electrons. The number of halogens is 1. The summed E-state index contributed by atoms with van der Waals surface area (Å²) in [5.41, 5.74) is 0.669. The van der Waals surface area contributed by atoms with Crippen molar-refractivity contribution in [2.45, 2.75) is 31.2 Å². The van der Waals surface area contributed by atoms with Gasteiger partial charge < -0.3 is 10.2 Å². The Balaban J connectivity index is 1.77. The second-order valence-corrected chi connectivity index (χ2v) is 10.5. The molecule has 1 fully saturated rings. The molecule has 1 atom stereocenters. The lowest BCUT2D eigenvalue weighted by molar-refractivity contribution is 0.0947. The summed E-state index contributed by atoms with van der Waals surface area (Å²) in [6.45, 7) is 10.6. The third kappa shape index (κ3) is 5.52. The van der Waals surface area contributed by atoms with Crippen LogP contribution in [0.3, 0.4) is 0 Å². The number of carbonyl (C=O) groups excluding carboxylic acids is 1. The van der Waals surface area contributed by atoms with Crippen LogP contribution in [0.1, 0.15) is 30.6 Å². The summed E-state index contributed by atoms with van der Waals surface area (Å²) in [5, 5.41) is 3.28. The largest absolute Gasteiger partial charge is 0.352 e. The quantitative estimate of drug-likeness (QED) is 0.552. The highest BCUT2D eigenvalue weighted by molar-refractivity contribution is 7.92. The lowest BCUT2D eigenvalue weighted by Gasteiger charge is -2.24. The van der Waals surface area contributed by atoms with E-state index in [1.165, 1.54) is 22.5 Å². The van der Waals surface area contributed by atoms with Gasteiger partial charge in [0.25, 0.3) is 15.9 Å². The maximum Gasteiger partial charge on any atom is 0.264 e. The van der Waals surface area contributed by atoms with Crippen molar-refractivity contribution >= 4 is 33.2 Å². The summed E-state index contributed by atoms with van der Waals surface area (Å²) >= 11 is 6.26. The summed E-state index contributed by atoms with van der Waals surface area (Å²) in [5.74, 6) is 0.120. The summed E-state index contributed by atoms with van der Waals surface area (Å²) in [4.78, 5) is 15.2. The van der Waals surface area contributed by atoms with Gasteiger partial charge in [0.15, 0.2) is 0 Å². The highest BCUT2D eigenvalue weighted by Gasteiger charge is 2.27. The molecule has 0 aromatic heterocycles. The van der Waals surface area contributed by atoms with E-state index in [9.17, 15) is 13.2 Å². The van der Waals surface area contributed by atoms with Gasteiger partial charge >= 0.3 is 0 Å². The van der Waals surface area contributed by atoms with E-state index in [2.05, 4.69) is 30.6 Å². The first-order valence-corrected chi connectivity index (χ1v) is 12.6. The van der Waals surface area contributed by atoms with Gasteiger partial charge in [-0.05, 0) is 63.1 Å². The minimum Gasteiger partial charge on any atom is -0.352 e. The van der Waals surface area contributed by atoms with Crippen molar-refractivity contribution in [3.63, 3.8) is 0 Å². The van der Waals surface area contributed by atoms with E-state index in [0.29, 0.717) is 34.8 Å². The molecule has 8 heteroatoms. The minimum atomic E-state index is -3.95. The van der Waals surface area contributed by atoms with Crippen LogP contribution in [0.15, 0.2) is 66.1 Å². The second-order valence-electron chi connectivity index (χ2n) is 8.26. The molecule has 0 spiro atoms. The number of anilines is 1. The number of amides is 1. The van der Waals surface area contributed by atoms with Crippen LogP contribution in [0.4, 0.5) is 5.69 Å². The zero-order valence-electron chi connectivity index (χ0n) is 18.5. The van der Waals surface area contributed by atoms with Crippen molar-refractivity contribution in [1.82, 2.24) is 10.2 Å². The lowest BCUT2D eigenvalue weighted by Crippen LogP contribution is -2.33. The van der Waals surface area contributed by atoms with Gasteiger partial charge in [0.2, 0.25) is 0 Å². The molecule has 2 aromatic carbocycles. The Morgan fingerprint density at radius 2 is 2.03 bits per heavy atom. The Morgan fingerprint density at radius 3 is 2.69 bits per heavy atom. The van der Waals surface area contributed by atoms with Gasteiger partial charge in [-0.15, -0.1) is 6.58 Å². The fourth-order valence-electron chi connectivity index (χ4n) is 3.86. The van der Waals surface area contributed by atoms with E-state index in [1.807, 2.05) is 0 Å². The fourth-order valence-corrected chi connectivity index (χ4v) is 5.65. The molecule has 1 unspecified atom stereocenters. The topological polar surface area (TPSA) is 69.7 Å². The third-order valence-electron chi connectivity index (χ3n) is 5.70. The number of nitrogens with zero attached hydrogens (tertiary/aromatic N) is 2. The van der Waals surface area contributed by atoms with Gasteiger partial charge in [0.1, 0.15) is 0 Å². The smallest absolute Gasteiger partial charge is 0.264 e. The van der Waals surface area contributed by atoms with E-state index in [1.54, 1.807) is 36.4 Å². The van der Waals surface area contributed by atoms with E-state index in [4.69, 9.17) is 11.6 Å². The number of hydrogen-bond donors (Lipinski definition) is 1. The van der Waals surface area contributed by atoms with Crippen molar-refractivity contribution in [3.8, 4) is 0 Å². The van der Waals surface area contributed by atoms with Crippen LogP contribution in [-0.2, 0) is 10.0 Å². The molecule has 1 saturated heterocycles. The van der Waals surface area contributed by atoms with Crippen molar-refractivity contribution in [2.24, 2.45) is 5.92 Å². The first-order valence-electron chi connectivity index (χ1n) is 10.7. The number of likely N-dealkylation sites (tertiary alicyclic amines) is 1. The predicted molar refractivity (Wildman–Crippen MR) is 130 cm³/mol. The fraction of sp³-hybridized carbons (Fsp3) is 0.375. The number of para-hydroxylation sites is 1. The van der Waals surface area contributed by atoms with Crippen LogP contribution in [0.5, 0.6) is 0 Å². The molecule has 1 N–H and O–H groups in total. The summed E-state index contributed by atoms with van der Waals surface area (Å²) in [7, 11) is -3.95. The molecule has 1 aliphatic heterocycles. The molecule has 0 aliphatic carbocycles. The molecule has 32 heavy (non-hydrogen) atoms. The van der Waals surface area contributed by atoms with Crippen LogP contribution in [-0.4, -0.2) is 51.4 Å². The molecule has 1 aliphatic rings. The molecule has 3 rings (SSSR count). The van der Waals surface area contributed by atoms with Gasteiger partial charge in [-0.2, -0.15) is 0 Å². The number of hydrogen-bond acceptors (Lipinski definition) is 4. The molecule has 0 saturated carbocycles. The molecule has 2 aromatic rings. The van der Waals surface area contributed by atoms with Gasteiger partial charge in [0, 0.05) is 24.7 Å². The second kappa shape index (κ2) is 10.5. The lowest BCUT2D eigenvalue weighted by atomic mass is 10.1. The van der Waals surface area contributed by atoms with Crippen LogP contribution >= 0.6 is 11.6 Å². The highest BCUT2D eigenvalue weighted by atomic mass is 35.5. The normalized spacial score (nSPS) is 16.8. The zero-order chi connectivity index (χ0) is 23.3. The molecule has 1 heterocycles. The van der Waals surface area contributed by atoms with Gasteiger partial charge in [-0.3, -0.25) is 9.10 Å². The summed E-state index contributed by atoms with van der Waals surface area (Å²) in [6.07, 6.45) is 2.54. The van der Waals surface area contributed by atoms with E-state index in [-0.39, 0.29) is 17.3 Å². The first kappa shape index (κ1) is 24.3. The maximum atomic E-state index is 13.4. The Kier molecular flexibility index (Phi) is 7.98. The molecule has 1 amide bonds. The van der Waals surface area contributed by atoms with E-state index in [0.717, 1.165) is 19.5 Å². The Labute approximate surface area is 195 Å². The van der Waals surface area contributed by atoms with E-state index < -0.39 is 10.0 Å². The standard InChI is InChI=1S/C24H30ClN3O3S/c1-4-13-28(23-11-6-5-10-22(23)25)32(30,31)21-9-7-8-20(15-21)24(29)26-16-19-12-14-27(17-19)18(2)3/h4-11,15,18-19H,1,12-14,16-17H2,2-3H3,(H,26,29). The number of sulfonamides is 1. The van der Waals surface area contributed by atoms with Crippen LogP contribution in [0.2, 0.25) is 5.02 Å². The summed E-state index contributed by atoms with van der Waals surface area (Å²) < 4.78 is 28.0. The average Bonchev–Trinajstić information content (AvgIpc) is 3.26. The van der Waals surface area contributed by atoms with Gasteiger partial charge in [-0.1, -0.05) is 35.9 Å². The van der Waals surface area contributed by atoms with Crippen molar-refractivity contribution < 1.29 is 13.2 Å². The maximum absolute atomic E-state index is 13.4. The van der Waals surface area contributed by atoms with Crippen LogP contribution < -0.4 is 9.62 Å². The monoisotopic (exact) mass is 475 g/mol. The third-order valence-corrected chi connectivity index (χ3v) is 7.79. The number of nitrogens with one attached hydrogen (secondary N) is 1. The van der Waals surface area contributed by atoms with Crippen molar-refractivity contribution in [1.29, 1.82) is 0 Å². The SMILES string of the molecule is C=CCN(c1ccccc1Cl)S(=O)(=O)c1cccc(C(=O)NCC2CCN(C(C)C)C2)c1. The number of benzene rings is 2. The molecular weight excluding hydrogens is 446 g/mol. The van der Waals surface area contributed by atoms with Crippen molar-refractivity contribution in [2.75, 3.05) is 30.5 Å². The van der Waals surface area contributed by atoms with Crippen LogP contribution in [0, 0.1) is 5.92 Å². The Morgan fingerprint density at radius 1 is 1.28 bits per heavy atom. The molecular formula is C24H30ClN3O3S. The summed E-state index contributed by atoms with van der Waals surface area (Å²) in [6, 6.07) is 13.3. The molecule has 0 bridgehead atoms. The molecule has 0 radical (unpaired) electrons. The Bertz CT molecular complexity index is 1070. The highest BCUT2D eigenvalue weighted by Crippen LogP contribution is 2.30. The van der Waals surface area contributed by atoms with Gasteiger partial charge in [-0.25, -0.2) is 8.42 Å². The zero-order valence-corrected chi connectivity index (χ0v) is 20.1. The number of rotatable bonds is 9. The van der Waals surface area contributed by atoms with Crippen molar-refractivity contribution in [3.05, 3.63) is 71.8 Å². The number of carbonyl (C=O) groups is 1. The van der Waals surface area contributed by atoms with Gasteiger partial charge in [0.05, 0.1) is 22.2 Å². The Hall–Kier alpha value is -2.35.